The molecule has 0 atom stereocenters. The first-order valence-corrected chi connectivity index (χ1v) is 11.0. The van der Waals surface area contributed by atoms with Gasteiger partial charge < -0.3 is 25.4 Å². The molecule has 1 aliphatic rings. The van der Waals surface area contributed by atoms with Gasteiger partial charge in [-0.25, -0.2) is 9.97 Å². The summed E-state index contributed by atoms with van der Waals surface area (Å²) in [6, 6.07) is 15.6. The van der Waals surface area contributed by atoms with E-state index in [1.54, 1.807) is 12.1 Å². The number of benzene rings is 2. The Bertz CT molecular complexity index is 1230. The molecule has 0 spiro atoms. The van der Waals surface area contributed by atoms with Gasteiger partial charge in [0.2, 0.25) is 0 Å². The van der Waals surface area contributed by atoms with Gasteiger partial charge in [0.1, 0.15) is 17.9 Å². The van der Waals surface area contributed by atoms with E-state index in [9.17, 15) is 10.2 Å². The summed E-state index contributed by atoms with van der Waals surface area (Å²) in [6.07, 6.45) is 6.05. The quantitative estimate of drug-likeness (QED) is 0.429. The highest BCUT2D eigenvalue weighted by Gasteiger charge is 2.18. The van der Waals surface area contributed by atoms with E-state index in [1.165, 1.54) is 11.9 Å². The summed E-state index contributed by atoms with van der Waals surface area (Å²) in [5.74, 6) is 0.613. The number of aliphatic hydroxyl groups excluding tert-OH is 1. The van der Waals surface area contributed by atoms with Crippen LogP contribution in [-0.4, -0.2) is 55.4 Å². The number of nitrogens with zero attached hydrogens (tertiary/aromatic N) is 4. The number of hydrogen-bond acceptors (Lipinski definition) is 6. The van der Waals surface area contributed by atoms with Crippen molar-refractivity contribution in [3.63, 3.8) is 0 Å². The van der Waals surface area contributed by atoms with Crippen LogP contribution in [0.15, 0.2) is 61.1 Å². The number of rotatable bonds is 5. The number of phenols is 1. The summed E-state index contributed by atoms with van der Waals surface area (Å²) in [6.45, 7) is 2.94. The Morgan fingerprint density at radius 2 is 1.79 bits per heavy atom. The Morgan fingerprint density at radius 1 is 1.03 bits per heavy atom. The fourth-order valence-corrected chi connectivity index (χ4v) is 4.43. The molecule has 0 bridgehead atoms. The molecule has 7 nitrogen and oxygen atoms in total. The molecule has 0 aliphatic carbocycles. The molecule has 4 aromatic rings. The fraction of sp³-hybridized carbons (Fsp3) is 0.308. The third-order valence-corrected chi connectivity index (χ3v) is 6.26. The number of piperidine rings is 1. The lowest BCUT2D eigenvalue weighted by Crippen LogP contribution is -2.37. The monoisotopic (exact) mass is 445 g/mol. The molecule has 2 aromatic carbocycles. The lowest BCUT2D eigenvalue weighted by molar-refractivity contribution is 0.0832. The van der Waals surface area contributed by atoms with Crippen molar-refractivity contribution in [3.8, 4) is 22.6 Å². The largest absolute Gasteiger partial charge is 0.508 e. The molecule has 3 heterocycles. The van der Waals surface area contributed by atoms with Crippen LogP contribution in [-0.2, 0) is 6.42 Å². The van der Waals surface area contributed by atoms with Crippen LogP contribution in [0, 0.1) is 0 Å². The lowest BCUT2D eigenvalue weighted by atomic mass is 10.1. The summed E-state index contributed by atoms with van der Waals surface area (Å²) in [7, 11) is 0. The zero-order valence-electron chi connectivity index (χ0n) is 17.9. The van der Waals surface area contributed by atoms with Crippen molar-refractivity contribution in [2.75, 3.05) is 25.4 Å². The number of anilines is 1. The normalized spacial score (nSPS) is 14.9. The molecule has 0 amide bonds. The first-order chi connectivity index (χ1) is 15.6. The second-order valence-electron chi connectivity index (χ2n) is 8.41. The molecular formula is C26H31N5O2. The highest BCUT2D eigenvalue weighted by atomic mass is 16.3. The number of nitrogens with two attached hydrogens (primary N) is 1. The number of aliphatic hydroxyl groups is 1. The number of aromatic nitrogens is 3. The van der Waals surface area contributed by atoms with Gasteiger partial charge in [0, 0.05) is 37.1 Å². The third-order valence-electron chi connectivity index (χ3n) is 6.26. The van der Waals surface area contributed by atoms with Crippen molar-refractivity contribution >= 4 is 16.9 Å². The van der Waals surface area contributed by atoms with Gasteiger partial charge in [-0.05, 0) is 54.7 Å². The highest BCUT2D eigenvalue weighted by molar-refractivity contribution is 6.01. The van der Waals surface area contributed by atoms with E-state index in [2.05, 4.69) is 39.1 Å². The van der Waals surface area contributed by atoms with Crippen LogP contribution in [0.2, 0.25) is 0 Å². The average Bonchev–Trinajstić information content (AvgIpc) is 3.20. The topological polar surface area (TPSA) is 100 Å². The molecule has 1 aliphatic heterocycles. The zero-order chi connectivity index (χ0) is 22.1. The molecule has 0 radical (unpaired) electrons. The summed E-state index contributed by atoms with van der Waals surface area (Å²) in [5.41, 5.74) is 11.0. The highest BCUT2D eigenvalue weighted by Crippen LogP contribution is 2.35. The summed E-state index contributed by atoms with van der Waals surface area (Å²) in [5, 5.41) is 20.4. The average molecular weight is 446 g/mol. The Balaban J connectivity index is 0.00000259. The van der Waals surface area contributed by atoms with Gasteiger partial charge in [0.15, 0.2) is 5.65 Å². The van der Waals surface area contributed by atoms with Crippen LogP contribution in [0.25, 0.3) is 27.8 Å². The fourth-order valence-electron chi connectivity index (χ4n) is 4.43. The maximum atomic E-state index is 9.94. The second-order valence-corrected chi connectivity index (χ2v) is 8.41. The molecule has 7 heteroatoms. The minimum Gasteiger partial charge on any atom is -0.508 e. The minimum atomic E-state index is -0.135. The van der Waals surface area contributed by atoms with Gasteiger partial charge in [-0.1, -0.05) is 31.7 Å². The molecule has 0 saturated carbocycles. The van der Waals surface area contributed by atoms with Gasteiger partial charge in [0.05, 0.1) is 11.5 Å². The van der Waals surface area contributed by atoms with Crippen molar-refractivity contribution in [3.05, 3.63) is 66.6 Å². The van der Waals surface area contributed by atoms with Crippen LogP contribution >= 0.6 is 0 Å². The van der Waals surface area contributed by atoms with E-state index in [0.717, 1.165) is 66.7 Å². The van der Waals surface area contributed by atoms with Gasteiger partial charge in [-0.15, -0.1) is 0 Å². The van der Waals surface area contributed by atoms with E-state index in [1.807, 2.05) is 22.9 Å². The number of phenolic OH excluding ortho intramolecular Hbond substituents is 1. The molecule has 33 heavy (non-hydrogen) atoms. The number of nitrogen functional groups attached to an aromatic ring is 1. The summed E-state index contributed by atoms with van der Waals surface area (Å²) in [4.78, 5) is 11.1. The standard InChI is InChI=1S/C25H27N5O2.CH4/c26-24-23-22(18-2-1-3-21(32)14-18)15-30(25(23)28-16-27-24)19-6-4-17(5-7-19)8-11-29-12-9-20(31)10-13-29;/h1-7,14-16,20,31-32H,8-13H2,(H2,26,27,28);1H4. The van der Waals surface area contributed by atoms with Crippen LogP contribution in [0.4, 0.5) is 5.82 Å². The van der Waals surface area contributed by atoms with Crippen LogP contribution in [0.5, 0.6) is 5.75 Å². The second kappa shape index (κ2) is 9.60. The molecule has 1 saturated heterocycles. The number of hydrogen-bond donors (Lipinski definition) is 3. The summed E-state index contributed by atoms with van der Waals surface area (Å²) >= 11 is 0. The Morgan fingerprint density at radius 3 is 2.52 bits per heavy atom. The molecule has 1 fully saturated rings. The van der Waals surface area contributed by atoms with Crippen molar-refractivity contribution < 1.29 is 10.2 Å². The van der Waals surface area contributed by atoms with E-state index in [4.69, 9.17) is 5.73 Å². The predicted molar refractivity (Wildman–Crippen MR) is 132 cm³/mol. The summed E-state index contributed by atoms with van der Waals surface area (Å²) < 4.78 is 2.02. The number of likely N-dealkylation sites (tertiary alicyclic amines) is 1. The van der Waals surface area contributed by atoms with Crippen LogP contribution < -0.4 is 5.73 Å². The smallest absolute Gasteiger partial charge is 0.150 e. The molecule has 0 unspecified atom stereocenters. The van der Waals surface area contributed by atoms with E-state index < -0.39 is 0 Å². The van der Waals surface area contributed by atoms with Gasteiger partial charge in [-0.2, -0.15) is 0 Å². The molecular weight excluding hydrogens is 414 g/mol. The first kappa shape index (κ1) is 22.8. The maximum absolute atomic E-state index is 9.94. The van der Waals surface area contributed by atoms with Crippen molar-refractivity contribution in [1.82, 2.24) is 19.4 Å². The molecule has 172 valence electrons. The third kappa shape index (κ3) is 4.69. The van der Waals surface area contributed by atoms with Crippen molar-refractivity contribution in [2.45, 2.75) is 32.8 Å². The predicted octanol–water partition coefficient (Wildman–Crippen LogP) is 4.01. The SMILES string of the molecule is C.Nc1ncnc2c1c(-c1cccc(O)c1)cn2-c1ccc(CCN2CCC(O)CC2)cc1. The van der Waals surface area contributed by atoms with Gasteiger partial charge in [0.25, 0.3) is 0 Å². The van der Waals surface area contributed by atoms with Crippen LogP contribution in [0.3, 0.4) is 0 Å². The number of fused-ring (bicyclic) bond motifs is 1. The Kier molecular flexibility index (Phi) is 6.62. The first-order valence-electron chi connectivity index (χ1n) is 11.0. The Hall–Kier alpha value is -3.42. The van der Waals surface area contributed by atoms with Gasteiger partial charge >= 0.3 is 0 Å². The maximum Gasteiger partial charge on any atom is 0.150 e. The minimum absolute atomic E-state index is 0. The van der Waals surface area contributed by atoms with Crippen molar-refractivity contribution in [2.24, 2.45) is 0 Å². The molecule has 5 rings (SSSR count). The zero-order valence-corrected chi connectivity index (χ0v) is 17.9. The molecule has 4 N–H and O–H groups in total. The Labute approximate surface area is 194 Å². The van der Waals surface area contributed by atoms with Gasteiger partial charge in [-0.3, -0.25) is 0 Å². The number of aromatic hydroxyl groups is 1. The van der Waals surface area contributed by atoms with E-state index in [0.29, 0.717) is 5.82 Å². The van der Waals surface area contributed by atoms with Crippen molar-refractivity contribution in [1.29, 1.82) is 0 Å². The lowest BCUT2D eigenvalue weighted by Gasteiger charge is -2.29. The van der Waals surface area contributed by atoms with E-state index >= 15 is 0 Å². The molecule has 2 aromatic heterocycles. The van der Waals surface area contributed by atoms with E-state index in [-0.39, 0.29) is 19.3 Å². The van der Waals surface area contributed by atoms with Crippen LogP contribution in [0.1, 0.15) is 25.8 Å².